The summed E-state index contributed by atoms with van der Waals surface area (Å²) in [7, 11) is 0. The first-order valence-corrected chi connectivity index (χ1v) is 17.9. The number of hydrogen-bond donors (Lipinski definition) is 0. The minimum Gasteiger partial charge on any atom is -0.456 e. The number of hydrogen-bond acceptors (Lipinski definition) is 4. The highest BCUT2D eigenvalue weighted by Crippen LogP contribution is 2.41. The minimum atomic E-state index is 0.631. The summed E-state index contributed by atoms with van der Waals surface area (Å²) < 4.78 is 6.25. The highest BCUT2D eigenvalue weighted by Gasteiger charge is 2.18. The van der Waals surface area contributed by atoms with Crippen molar-refractivity contribution in [2.45, 2.75) is 0 Å². The summed E-state index contributed by atoms with van der Waals surface area (Å²) >= 11 is 0. The number of benzene rings is 9. The second kappa shape index (κ2) is 11.7. The molecular weight excluding hydrogens is 647 g/mol. The van der Waals surface area contributed by atoms with Crippen LogP contribution < -0.4 is 0 Å². The molecule has 11 rings (SSSR count). The summed E-state index contributed by atoms with van der Waals surface area (Å²) in [5.74, 6) is 1.92. The summed E-state index contributed by atoms with van der Waals surface area (Å²) in [5.41, 5.74) is 6.93. The summed E-state index contributed by atoms with van der Waals surface area (Å²) in [6.07, 6.45) is 0. The van der Waals surface area contributed by atoms with Crippen LogP contribution >= 0.6 is 0 Å². The van der Waals surface area contributed by atoms with Gasteiger partial charge in [0.2, 0.25) is 0 Å². The van der Waals surface area contributed by atoms with E-state index >= 15 is 0 Å². The number of fused-ring (bicyclic) bond motifs is 9. The van der Waals surface area contributed by atoms with Crippen molar-refractivity contribution in [2.75, 3.05) is 0 Å². The molecule has 0 aliphatic carbocycles. The zero-order valence-electron chi connectivity index (χ0n) is 28.5. The van der Waals surface area contributed by atoms with Gasteiger partial charge in [-0.25, -0.2) is 15.0 Å². The van der Waals surface area contributed by atoms with Gasteiger partial charge < -0.3 is 4.42 Å². The molecule has 0 aliphatic rings. The minimum absolute atomic E-state index is 0.631. The van der Waals surface area contributed by atoms with Crippen molar-refractivity contribution in [1.82, 2.24) is 15.0 Å². The van der Waals surface area contributed by atoms with Gasteiger partial charge in [0.15, 0.2) is 17.5 Å². The van der Waals surface area contributed by atoms with Crippen LogP contribution in [0.2, 0.25) is 0 Å². The molecule has 53 heavy (non-hydrogen) atoms. The van der Waals surface area contributed by atoms with Gasteiger partial charge in [0.05, 0.1) is 0 Å². The molecule has 0 fully saturated rings. The predicted octanol–water partition coefficient (Wildman–Crippen LogP) is 13.1. The molecule has 0 atom stereocenters. The highest BCUT2D eigenvalue weighted by atomic mass is 16.3. The Bertz CT molecular complexity index is 3240. The van der Waals surface area contributed by atoms with Crippen LogP contribution in [0.5, 0.6) is 0 Å². The summed E-state index contributed by atoms with van der Waals surface area (Å²) in [6, 6.07) is 61.6. The first-order valence-electron chi connectivity index (χ1n) is 17.9. The standard InChI is InChI=1S/C49H29N3O/c1-2-13-31(14-3-1)47-50-48(52-49(51-47)42-29-33-25-24-30-12-4-5-16-36(30)45(33)39-18-7-6-17-38(39)42)34-26-27-35-32(28-34)15-10-20-37(35)40-21-11-23-44-46(40)41-19-8-9-22-43(41)53-44/h1-29H. The van der Waals surface area contributed by atoms with Gasteiger partial charge in [0.25, 0.3) is 0 Å². The van der Waals surface area contributed by atoms with Crippen LogP contribution in [0.15, 0.2) is 180 Å². The Morgan fingerprint density at radius 2 is 0.943 bits per heavy atom. The van der Waals surface area contributed by atoms with Crippen LogP contribution in [0.4, 0.5) is 0 Å². The lowest BCUT2D eigenvalue weighted by molar-refractivity contribution is 0.669. The van der Waals surface area contributed by atoms with E-state index in [1.54, 1.807) is 0 Å². The first-order chi connectivity index (χ1) is 26.3. The molecule has 0 N–H and O–H groups in total. The van der Waals surface area contributed by atoms with E-state index in [1.165, 1.54) is 21.5 Å². The van der Waals surface area contributed by atoms with Crippen molar-refractivity contribution >= 4 is 65.0 Å². The molecule has 9 aromatic carbocycles. The fraction of sp³-hybridized carbons (Fsp3) is 0. The topological polar surface area (TPSA) is 51.8 Å². The third kappa shape index (κ3) is 4.73. The van der Waals surface area contributed by atoms with Crippen molar-refractivity contribution in [3.8, 4) is 45.3 Å². The third-order valence-corrected chi connectivity index (χ3v) is 10.5. The molecular formula is C49H29N3O. The molecule has 0 saturated heterocycles. The van der Waals surface area contributed by atoms with Gasteiger partial charge >= 0.3 is 0 Å². The largest absolute Gasteiger partial charge is 0.456 e. The van der Waals surface area contributed by atoms with Crippen molar-refractivity contribution in [3.63, 3.8) is 0 Å². The van der Waals surface area contributed by atoms with Gasteiger partial charge in [-0.1, -0.05) is 152 Å². The van der Waals surface area contributed by atoms with Gasteiger partial charge in [-0.3, -0.25) is 0 Å². The quantitative estimate of drug-likeness (QED) is 0.174. The zero-order chi connectivity index (χ0) is 34.9. The number of para-hydroxylation sites is 1. The van der Waals surface area contributed by atoms with Gasteiger partial charge in [0, 0.05) is 27.5 Å². The highest BCUT2D eigenvalue weighted by molar-refractivity contribution is 6.23. The van der Waals surface area contributed by atoms with Crippen molar-refractivity contribution in [1.29, 1.82) is 0 Å². The Hall–Kier alpha value is -7.17. The summed E-state index contributed by atoms with van der Waals surface area (Å²) in [6.45, 7) is 0. The molecule has 0 saturated carbocycles. The zero-order valence-corrected chi connectivity index (χ0v) is 28.5. The van der Waals surface area contributed by atoms with E-state index in [4.69, 9.17) is 19.4 Å². The lowest BCUT2D eigenvalue weighted by Crippen LogP contribution is -2.01. The molecule has 2 heterocycles. The molecule has 4 nitrogen and oxygen atoms in total. The van der Waals surface area contributed by atoms with Gasteiger partial charge in [-0.05, 0) is 78.5 Å². The maximum Gasteiger partial charge on any atom is 0.164 e. The first kappa shape index (κ1) is 29.5. The monoisotopic (exact) mass is 675 g/mol. The number of nitrogens with zero attached hydrogens (tertiary/aromatic N) is 3. The van der Waals surface area contributed by atoms with E-state index in [2.05, 4.69) is 140 Å². The van der Waals surface area contributed by atoms with Crippen molar-refractivity contribution < 1.29 is 4.42 Å². The Morgan fingerprint density at radius 1 is 0.302 bits per heavy atom. The molecule has 246 valence electrons. The maximum atomic E-state index is 6.25. The van der Waals surface area contributed by atoms with E-state index in [-0.39, 0.29) is 0 Å². The fourth-order valence-corrected chi connectivity index (χ4v) is 8.06. The molecule has 0 aliphatic heterocycles. The predicted molar refractivity (Wildman–Crippen MR) is 219 cm³/mol. The molecule has 11 aromatic rings. The van der Waals surface area contributed by atoms with E-state index < -0.39 is 0 Å². The molecule has 2 aromatic heterocycles. The van der Waals surface area contributed by atoms with Gasteiger partial charge in [0.1, 0.15) is 11.2 Å². The van der Waals surface area contributed by atoms with Gasteiger partial charge in [-0.2, -0.15) is 0 Å². The number of rotatable bonds is 4. The Kier molecular flexibility index (Phi) is 6.52. The second-order valence-corrected chi connectivity index (χ2v) is 13.5. The third-order valence-electron chi connectivity index (χ3n) is 10.5. The van der Waals surface area contributed by atoms with Crippen LogP contribution in [0.3, 0.4) is 0 Å². The maximum absolute atomic E-state index is 6.25. The summed E-state index contributed by atoms with van der Waals surface area (Å²) in [5, 5.41) is 11.6. The average Bonchev–Trinajstić information content (AvgIpc) is 3.62. The van der Waals surface area contributed by atoms with Gasteiger partial charge in [-0.15, -0.1) is 0 Å². The van der Waals surface area contributed by atoms with E-state index in [0.717, 1.165) is 71.3 Å². The normalized spacial score (nSPS) is 11.8. The van der Waals surface area contributed by atoms with Crippen molar-refractivity contribution in [3.05, 3.63) is 176 Å². The Labute approximate surface area is 304 Å². The Balaban J connectivity index is 1.12. The fourth-order valence-electron chi connectivity index (χ4n) is 8.06. The Morgan fingerprint density at radius 3 is 1.83 bits per heavy atom. The van der Waals surface area contributed by atoms with Crippen molar-refractivity contribution in [2.24, 2.45) is 0 Å². The average molecular weight is 676 g/mol. The molecule has 0 spiro atoms. The molecule has 4 heteroatoms. The summed E-state index contributed by atoms with van der Waals surface area (Å²) in [4.78, 5) is 15.5. The lowest BCUT2D eigenvalue weighted by Gasteiger charge is -2.14. The molecule has 0 radical (unpaired) electrons. The molecule has 0 amide bonds. The SMILES string of the molecule is c1ccc(-c2nc(-c3ccc4c(-c5cccc6oc7ccccc7c56)cccc4c3)nc(-c3cc4ccc5ccccc5c4c4ccccc34)n2)cc1. The number of furan rings is 1. The van der Waals surface area contributed by atoms with E-state index in [0.29, 0.717) is 17.5 Å². The molecule has 0 bridgehead atoms. The van der Waals surface area contributed by atoms with E-state index in [9.17, 15) is 0 Å². The van der Waals surface area contributed by atoms with Crippen LogP contribution in [-0.4, -0.2) is 15.0 Å². The smallest absolute Gasteiger partial charge is 0.164 e. The molecule has 0 unspecified atom stereocenters. The second-order valence-electron chi connectivity index (χ2n) is 13.5. The van der Waals surface area contributed by atoms with Crippen LogP contribution in [0.25, 0.3) is 110 Å². The lowest BCUT2D eigenvalue weighted by atomic mass is 9.93. The van der Waals surface area contributed by atoms with Crippen LogP contribution in [0, 0.1) is 0 Å². The number of aromatic nitrogens is 3. The van der Waals surface area contributed by atoms with E-state index in [1.807, 2.05) is 36.4 Å². The van der Waals surface area contributed by atoms with Crippen LogP contribution in [-0.2, 0) is 0 Å². The van der Waals surface area contributed by atoms with Crippen LogP contribution in [0.1, 0.15) is 0 Å².